The zero-order valence-electron chi connectivity index (χ0n) is 8.89. The van der Waals surface area contributed by atoms with Crippen molar-refractivity contribution in [2.24, 2.45) is 5.10 Å². The Morgan fingerprint density at radius 3 is 2.82 bits per heavy atom. The van der Waals surface area contributed by atoms with E-state index in [0.29, 0.717) is 5.56 Å². The highest BCUT2D eigenvalue weighted by Crippen LogP contribution is 2.18. The van der Waals surface area contributed by atoms with Gasteiger partial charge in [-0.15, -0.1) is 0 Å². The van der Waals surface area contributed by atoms with Gasteiger partial charge in [-0.2, -0.15) is 13.9 Å². The van der Waals surface area contributed by atoms with Crippen molar-refractivity contribution in [3.63, 3.8) is 0 Å². The molecule has 0 radical (unpaired) electrons. The number of benzene rings is 1. The van der Waals surface area contributed by atoms with Gasteiger partial charge < -0.3 is 9.47 Å². The van der Waals surface area contributed by atoms with E-state index in [2.05, 4.69) is 14.6 Å². The van der Waals surface area contributed by atoms with Crippen molar-refractivity contribution in [2.75, 3.05) is 7.11 Å². The molecule has 0 aliphatic carbocycles. The molecule has 0 atom stereocenters. The van der Waals surface area contributed by atoms with Gasteiger partial charge in [0, 0.05) is 5.56 Å². The lowest BCUT2D eigenvalue weighted by Crippen LogP contribution is -2.16. The van der Waals surface area contributed by atoms with Crippen LogP contribution in [0.2, 0.25) is 0 Å². The third-order valence-corrected chi connectivity index (χ3v) is 1.68. The Bertz CT molecular complexity index is 410. The number of methoxy groups -OCH3 is 1. The molecule has 1 aromatic rings. The standard InChI is InChI=1S/C10H10F2N2O3/c1-16-10(15)14-13-6-7-4-2-3-5-8(7)17-9(11)12/h2-6,9H,1H3,(H,14,15). The molecule has 0 heterocycles. The number of amides is 1. The summed E-state index contributed by atoms with van der Waals surface area (Å²) < 4.78 is 32.6. The molecule has 0 aliphatic heterocycles. The number of halogens is 2. The summed E-state index contributed by atoms with van der Waals surface area (Å²) in [5.74, 6) is -0.0297. The third-order valence-electron chi connectivity index (χ3n) is 1.68. The summed E-state index contributed by atoms with van der Waals surface area (Å²) >= 11 is 0. The van der Waals surface area contributed by atoms with Gasteiger partial charge in [0.05, 0.1) is 13.3 Å². The summed E-state index contributed by atoms with van der Waals surface area (Å²) in [6, 6.07) is 6.05. The molecule has 0 saturated carbocycles. The molecule has 5 nitrogen and oxygen atoms in total. The maximum absolute atomic E-state index is 12.0. The Morgan fingerprint density at radius 1 is 1.47 bits per heavy atom. The minimum absolute atomic E-state index is 0.0297. The maximum Gasteiger partial charge on any atom is 0.427 e. The summed E-state index contributed by atoms with van der Waals surface area (Å²) in [4.78, 5) is 10.7. The van der Waals surface area contributed by atoms with Gasteiger partial charge in [0.1, 0.15) is 5.75 Å². The van der Waals surface area contributed by atoms with Gasteiger partial charge >= 0.3 is 12.7 Å². The van der Waals surface area contributed by atoms with Crippen molar-refractivity contribution in [1.82, 2.24) is 5.43 Å². The largest absolute Gasteiger partial charge is 0.452 e. The third kappa shape index (κ3) is 4.45. The van der Waals surface area contributed by atoms with Crippen molar-refractivity contribution < 1.29 is 23.0 Å². The number of hydrazone groups is 1. The lowest BCUT2D eigenvalue weighted by molar-refractivity contribution is -0.0499. The number of hydrogen-bond donors (Lipinski definition) is 1. The molecule has 1 amide bonds. The summed E-state index contributed by atoms with van der Waals surface area (Å²) in [5, 5.41) is 3.51. The number of nitrogens with one attached hydrogen (secondary N) is 1. The van der Waals surface area contributed by atoms with Crippen molar-refractivity contribution >= 4 is 12.3 Å². The van der Waals surface area contributed by atoms with E-state index >= 15 is 0 Å². The fourth-order valence-electron chi connectivity index (χ4n) is 0.991. The molecular weight excluding hydrogens is 234 g/mol. The van der Waals surface area contributed by atoms with Crippen LogP contribution in [0.25, 0.3) is 0 Å². The van der Waals surface area contributed by atoms with Crippen LogP contribution >= 0.6 is 0 Å². The van der Waals surface area contributed by atoms with Crippen LogP contribution in [0.4, 0.5) is 13.6 Å². The molecule has 0 unspecified atom stereocenters. The van der Waals surface area contributed by atoms with Crippen LogP contribution in [0, 0.1) is 0 Å². The van der Waals surface area contributed by atoms with Crippen LogP contribution in [0.15, 0.2) is 29.4 Å². The second kappa shape index (κ2) is 6.41. The molecule has 0 bridgehead atoms. The van der Waals surface area contributed by atoms with Crippen LogP contribution < -0.4 is 10.2 Å². The number of carbonyl (C=O) groups excluding carboxylic acids is 1. The molecule has 0 spiro atoms. The fourth-order valence-corrected chi connectivity index (χ4v) is 0.991. The Morgan fingerprint density at radius 2 is 2.18 bits per heavy atom. The first kappa shape index (κ1) is 12.9. The van der Waals surface area contributed by atoms with Crippen molar-refractivity contribution in [3.05, 3.63) is 29.8 Å². The maximum atomic E-state index is 12.0. The number of nitrogens with zero attached hydrogens (tertiary/aromatic N) is 1. The molecule has 1 N–H and O–H groups in total. The topological polar surface area (TPSA) is 59.9 Å². The van der Waals surface area contributed by atoms with Gasteiger partial charge in [-0.1, -0.05) is 12.1 Å². The minimum Gasteiger partial charge on any atom is -0.452 e. The van der Waals surface area contributed by atoms with E-state index in [1.165, 1.54) is 25.5 Å². The predicted molar refractivity (Wildman–Crippen MR) is 56.2 cm³/mol. The monoisotopic (exact) mass is 244 g/mol. The van der Waals surface area contributed by atoms with E-state index in [-0.39, 0.29) is 5.75 Å². The SMILES string of the molecule is COC(=O)NN=Cc1ccccc1OC(F)F. The number of para-hydroxylation sites is 1. The molecule has 0 aliphatic rings. The van der Waals surface area contributed by atoms with Gasteiger partial charge in [0.25, 0.3) is 0 Å². The molecule has 17 heavy (non-hydrogen) atoms. The summed E-state index contributed by atoms with van der Waals surface area (Å²) in [7, 11) is 1.18. The number of rotatable bonds is 4. The van der Waals surface area contributed by atoms with Crippen LogP contribution in [0.1, 0.15) is 5.56 Å². The van der Waals surface area contributed by atoms with E-state index in [0.717, 1.165) is 0 Å². The molecule has 1 rings (SSSR count). The molecule has 1 aromatic carbocycles. The van der Waals surface area contributed by atoms with E-state index in [1.807, 2.05) is 5.43 Å². The number of ether oxygens (including phenoxy) is 2. The van der Waals surface area contributed by atoms with Crippen LogP contribution in [0.5, 0.6) is 5.75 Å². The van der Waals surface area contributed by atoms with Crippen molar-refractivity contribution in [3.8, 4) is 5.75 Å². The highest BCUT2D eigenvalue weighted by atomic mass is 19.3. The molecule has 0 aromatic heterocycles. The molecule has 0 fully saturated rings. The highest BCUT2D eigenvalue weighted by Gasteiger charge is 2.07. The van der Waals surface area contributed by atoms with Crippen LogP contribution in [0.3, 0.4) is 0 Å². The quantitative estimate of drug-likeness (QED) is 0.650. The molecular formula is C10H10F2N2O3. The van der Waals surface area contributed by atoms with Gasteiger partial charge in [-0.25, -0.2) is 10.2 Å². The normalized spacial score (nSPS) is 10.6. The number of carbonyl (C=O) groups is 1. The smallest absolute Gasteiger partial charge is 0.427 e. The van der Waals surface area contributed by atoms with Gasteiger partial charge in [-0.05, 0) is 12.1 Å². The Hall–Kier alpha value is -2.18. The highest BCUT2D eigenvalue weighted by molar-refractivity contribution is 5.84. The number of alkyl halides is 2. The zero-order chi connectivity index (χ0) is 12.7. The Kier molecular flexibility index (Phi) is 4.86. The predicted octanol–water partition coefficient (Wildman–Crippen LogP) is 1.98. The average molecular weight is 244 g/mol. The Labute approximate surface area is 96.0 Å². The lowest BCUT2D eigenvalue weighted by atomic mass is 10.2. The first-order chi connectivity index (χ1) is 8.13. The van der Waals surface area contributed by atoms with E-state index in [1.54, 1.807) is 12.1 Å². The van der Waals surface area contributed by atoms with E-state index in [9.17, 15) is 13.6 Å². The van der Waals surface area contributed by atoms with E-state index in [4.69, 9.17) is 0 Å². The molecule has 0 saturated heterocycles. The first-order valence-corrected chi connectivity index (χ1v) is 4.54. The van der Waals surface area contributed by atoms with Crippen LogP contribution in [-0.2, 0) is 4.74 Å². The minimum atomic E-state index is -2.92. The lowest BCUT2D eigenvalue weighted by Gasteiger charge is -2.06. The average Bonchev–Trinajstić information content (AvgIpc) is 2.30. The summed E-state index contributed by atoms with van der Waals surface area (Å²) in [6.07, 6.45) is 0.419. The summed E-state index contributed by atoms with van der Waals surface area (Å²) in [5.41, 5.74) is 2.34. The van der Waals surface area contributed by atoms with Crippen molar-refractivity contribution in [1.29, 1.82) is 0 Å². The van der Waals surface area contributed by atoms with Gasteiger partial charge in [0.2, 0.25) is 0 Å². The van der Waals surface area contributed by atoms with Crippen LogP contribution in [-0.4, -0.2) is 26.0 Å². The van der Waals surface area contributed by atoms with Crippen molar-refractivity contribution in [2.45, 2.75) is 6.61 Å². The summed E-state index contributed by atoms with van der Waals surface area (Å²) in [6.45, 7) is -2.92. The second-order valence-electron chi connectivity index (χ2n) is 2.78. The molecule has 92 valence electrons. The van der Waals surface area contributed by atoms with Gasteiger partial charge in [0.15, 0.2) is 0 Å². The van der Waals surface area contributed by atoms with Gasteiger partial charge in [-0.3, -0.25) is 0 Å². The molecule has 7 heteroatoms. The number of hydrogen-bond acceptors (Lipinski definition) is 4. The van der Waals surface area contributed by atoms with E-state index < -0.39 is 12.7 Å². The second-order valence-corrected chi connectivity index (χ2v) is 2.78. The zero-order valence-corrected chi connectivity index (χ0v) is 8.89. The Balaban J connectivity index is 2.72. The first-order valence-electron chi connectivity index (χ1n) is 4.54. The fraction of sp³-hybridized carbons (Fsp3) is 0.200.